The highest BCUT2D eigenvalue weighted by molar-refractivity contribution is 6.32. The van der Waals surface area contributed by atoms with Crippen molar-refractivity contribution in [1.82, 2.24) is 0 Å². The van der Waals surface area contributed by atoms with Gasteiger partial charge >= 0.3 is 0 Å². The molecule has 0 amide bonds. The van der Waals surface area contributed by atoms with Crippen LogP contribution in [0.3, 0.4) is 0 Å². The zero-order valence-electron chi connectivity index (χ0n) is 6.85. The summed E-state index contributed by atoms with van der Waals surface area (Å²) >= 11 is 5.78. The van der Waals surface area contributed by atoms with E-state index in [2.05, 4.69) is 6.58 Å². The zero-order valence-corrected chi connectivity index (χ0v) is 7.61. The second-order valence-electron chi connectivity index (χ2n) is 2.49. The van der Waals surface area contributed by atoms with Gasteiger partial charge in [0, 0.05) is 5.56 Å². The van der Waals surface area contributed by atoms with Crippen LogP contribution in [0.25, 0.3) is 0 Å². The summed E-state index contributed by atoms with van der Waals surface area (Å²) in [4.78, 5) is 0. The number of allylic oxidation sites excluding steroid dienone is 1. The Balaban J connectivity index is 3.31. The molecule has 0 fully saturated rings. The number of benzene rings is 1. The molecule has 1 aromatic rings. The highest BCUT2D eigenvalue weighted by atomic mass is 35.5. The van der Waals surface area contributed by atoms with Gasteiger partial charge in [0.1, 0.15) is 11.9 Å². The molecule has 0 N–H and O–H groups in total. The SMILES string of the molecule is C=CCc1c(F)ccc(C#N)c1Cl. The van der Waals surface area contributed by atoms with Crippen LogP contribution in [0.1, 0.15) is 11.1 Å². The topological polar surface area (TPSA) is 23.8 Å². The maximum absolute atomic E-state index is 13.1. The normalized spacial score (nSPS) is 9.31. The van der Waals surface area contributed by atoms with Crippen molar-refractivity contribution in [2.45, 2.75) is 6.42 Å². The number of hydrogen-bond acceptors (Lipinski definition) is 1. The van der Waals surface area contributed by atoms with Gasteiger partial charge in [-0.05, 0) is 18.6 Å². The van der Waals surface area contributed by atoms with Gasteiger partial charge in [-0.1, -0.05) is 17.7 Å². The maximum Gasteiger partial charge on any atom is 0.128 e. The second kappa shape index (κ2) is 4.06. The maximum atomic E-state index is 13.1. The molecular formula is C10H7ClFN. The summed E-state index contributed by atoms with van der Waals surface area (Å²) in [5.74, 6) is -0.399. The summed E-state index contributed by atoms with van der Waals surface area (Å²) in [7, 11) is 0. The van der Waals surface area contributed by atoms with E-state index in [-0.39, 0.29) is 5.02 Å². The minimum Gasteiger partial charge on any atom is -0.207 e. The van der Waals surface area contributed by atoms with E-state index in [4.69, 9.17) is 16.9 Å². The first-order valence-corrected chi connectivity index (χ1v) is 4.06. The van der Waals surface area contributed by atoms with Crippen molar-refractivity contribution >= 4 is 11.6 Å². The Labute approximate surface area is 81.1 Å². The lowest BCUT2D eigenvalue weighted by Gasteiger charge is -2.03. The van der Waals surface area contributed by atoms with Gasteiger partial charge in [-0.3, -0.25) is 0 Å². The van der Waals surface area contributed by atoms with Crippen molar-refractivity contribution in [3.8, 4) is 6.07 Å². The average molecular weight is 196 g/mol. The quantitative estimate of drug-likeness (QED) is 0.666. The van der Waals surface area contributed by atoms with Crippen molar-refractivity contribution in [2.75, 3.05) is 0 Å². The molecule has 0 atom stereocenters. The Kier molecular flexibility index (Phi) is 3.05. The molecule has 0 radical (unpaired) electrons. The van der Waals surface area contributed by atoms with E-state index in [0.717, 1.165) is 0 Å². The fourth-order valence-corrected chi connectivity index (χ4v) is 1.29. The fraction of sp³-hybridized carbons (Fsp3) is 0.100. The molecule has 0 bridgehead atoms. The van der Waals surface area contributed by atoms with Crippen LogP contribution in [0, 0.1) is 17.1 Å². The summed E-state index contributed by atoms with van der Waals surface area (Å²) in [5.41, 5.74) is 0.621. The van der Waals surface area contributed by atoms with E-state index >= 15 is 0 Å². The third kappa shape index (κ3) is 1.88. The molecule has 3 heteroatoms. The lowest BCUT2D eigenvalue weighted by atomic mass is 10.1. The Morgan fingerprint density at radius 2 is 2.31 bits per heavy atom. The standard InChI is InChI=1S/C10H7ClFN/c1-2-3-8-9(12)5-4-7(6-13)10(8)11/h2,4-5H,1,3H2. The van der Waals surface area contributed by atoms with Gasteiger partial charge in [-0.25, -0.2) is 4.39 Å². The van der Waals surface area contributed by atoms with E-state index < -0.39 is 5.82 Å². The highest BCUT2D eigenvalue weighted by Crippen LogP contribution is 2.23. The first-order valence-electron chi connectivity index (χ1n) is 3.68. The summed E-state index contributed by atoms with van der Waals surface area (Å²) in [5, 5.41) is 8.80. The van der Waals surface area contributed by atoms with Crippen molar-refractivity contribution in [3.63, 3.8) is 0 Å². The Hall–Kier alpha value is -1.33. The third-order valence-corrected chi connectivity index (χ3v) is 2.09. The molecule has 0 aliphatic heterocycles. The van der Waals surface area contributed by atoms with Crippen LogP contribution in [0.2, 0.25) is 5.02 Å². The first-order chi connectivity index (χ1) is 6.20. The lowest BCUT2D eigenvalue weighted by Crippen LogP contribution is -1.92. The van der Waals surface area contributed by atoms with Crippen molar-refractivity contribution in [1.29, 1.82) is 5.26 Å². The summed E-state index contributed by atoms with van der Waals surface area (Å²) in [6.45, 7) is 3.49. The smallest absolute Gasteiger partial charge is 0.128 e. The zero-order chi connectivity index (χ0) is 9.84. The van der Waals surface area contributed by atoms with Gasteiger partial charge in [0.2, 0.25) is 0 Å². The molecule has 0 saturated heterocycles. The lowest BCUT2D eigenvalue weighted by molar-refractivity contribution is 0.615. The minimum atomic E-state index is -0.399. The largest absolute Gasteiger partial charge is 0.207 e. The monoisotopic (exact) mass is 195 g/mol. The van der Waals surface area contributed by atoms with E-state index in [0.29, 0.717) is 17.5 Å². The van der Waals surface area contributed by atoms with Gasteiger partial charge < -0.3 is 0 Å². The fourth-order valence-electron chi connectivity index (χ4n) is 1.02. The minimum absolute atomic E-state index is 0.183. The van der Waals surface area contributed by atoms with Crippen LogP contribution >= 0.6 is 11.6 Å². The Bertz CT molecular complexity index is 379. The molecule has 1 aromatic carbocycles. The second-order valence-corrected chi connectivity index (χ2v) is 2.87. The summed E-state index contributed by atoms with van der Waals surface area (Å²) < 4.78 is 13.1. The van der Waals surface area contributed by atoms with Gasteiger partial charge in [0.15, 0.2) is 0 Å². The van der Waals surface area contributed by atoms with E-state index in [1.54, 1.807) is 6.08 Å². The average Bonchev–Trinajstić information content (AvgIpc) is 2.12. The number of nitriles is 1. The third-order valence-electron chi connectivity index (χ3n) is 1.65. The van der Waals surface area contributed by atoms with E-state index in [9.17, 15) is 4.39 Å². The van der Waals surface area contributed by atoms with Crippen LogP contribution in [-0.2, 0) is 6.42 Å². The predicted molar refractivity (Wildman–Crippen MR) is 50.0 cm³/mol. The van der Waals surface area contributed by atoms with Crippen molar-refractivity contribution < 1.29 is 4.39 Å². The molecule has 1 nitrogen and oxygen atoms in total. The Morgan fingerprint density at radius 1 is 1.62 bits per heavy atom. The predicted octanol–water partition coefficient (Wildman–Crippen LogP) is 3.08. The van der Waals surface area contributed by atoms with Crippen molar-refractivity contribution in [2.24, 2.45) is 0 Å². The number of halogens is 2. The summed E-state index contributed by atoms with van der Waals surface area (Å²) in [6.07, 6.45) is 1.88. The molecule has 0 unspecified atom stereocenters. The molecule has 0 saturated carbocycles. The molecule has 0 spiro atoms. The van der Waals surface area contributed by atoms with E-state index in [1.165, 1.54) is 12.1 Å². The van der Waals surface area contributed by atoms with E-state index in [1.807, 2.05) is 6.07 Å². The van der Waals surface area contributed by atoms with Gasteiger partial charge in [-0.15, -0.1) is 6.58 Å². The van der Waals surface area contributed by atoms with Gasteiger partial charge in [0.05, 0.1) is 10.6 Å². The molecule has 13 heavy (non-hydrogen) atoms. The van der Waals surface area contributed by atoms with Crippen molar-refractivity contribution in [3.05, 3.63) is 46.8 Å². The molecule has 0 heterocycles. The molecule has 66 valence electrons. The molecule has 1 rings (SSSR count). The van der Waals surface area contributed by atoms with Crippen LogP contribution in [0.4, 0.5) is 4.39 Å². The van der Waals surface area contributed by atoms with Crippen LogP contribution in [0.5, 0.6) is 0 Å². The van der Waals surface area contributed by atoms with Crippen LogP contribution in [0.15, 0.2) is 24.8 Å². The number of hydrogen-bond donors (Lipinski definition) is 0. The van der Waals surface area contributed by atoms with Gasteiger partial charge in [-0.2, -0.15) is 5.26 Å². The molecule has 0 aromatic heterocycles. The highest BCUT2D eigenvalue weighted by Gasteiger charge is 2.09. The molecular weight excluding hydrogens is 189 g/mol. The van der Waals surface area contributed by atoms with Crippen LogP contribution in [-0.4, -0.2) is 0 Å². The Morgan fingerprint density at radius 3 is 2.85 bits per heavy atom. The molecule has 0 aliphatic rings. The van der Waals surface area contributed by atoms with Gasteiger partial charge in [0.25, 0.3) is 0 Å². The number of nitrogens with zero attached hydrogens (tertiary/aromatic N) is 1. The molecule has 0 aliphatic carbocycles. The van der Waals surface area contributed by atoms with Crippen LogP contribution < -0.4 is 0 Å². The summed E-state index contributed by atoms with van der Waals surface area (Å²) in [6, 6.07) is 4.49. The number of rotatable bonds is 2. The first kappa shape index (κ1) is 9.76.